The predicted molar refractivity (Wildman–Crippen MR) is 201 cm³/mol. The molecule has 0 fully saturated rings. The Morgan fingerprint density at radius 2 is 0.404 bits per heavy atom. The monoisotopic (exact) mass is 772 g/mol. The zero-order chi connectivity index (χ0) is 39.9. The molecule has 0 saturated heterocycles. The molecule has 0 atom stereocenters. The van der Waals surface area contributed by atoms with Crippen LogP contribution in [0.3, 0.4) is 0 Å². The molecular formula is C36H60N4O10S2. The third kappa shape index (κ3) is 26.2. The van der Waals surface area contributed by atoms with Gasteiger partial charge in [-0.15, -0.1) is 0 Å². The van der Waals surface area contributed by atoms with Crippen molar-refractivity contribution in [2.45, 2.75) is 83.1 Å². The molecule has 0 aromatic heterocycles. The number of benzene rings is 4. The zero-order valence-electron chi connectivity index (χ0n) is 32.5. The molecule has 0 radical (unpaired) electrons. The van der Waals surface area contributed by atoms with Gasteiger partial charge in [-0.2, -0.15) is 0 Å². The predicted octanol–water partition coefficient (Wildman–Crippen LogP) is 1.62. The van der Waals surface area contributed by atoms with E-state index in [1.54, 1.807) is 0 Å². The second kappa shape index (κ2) is 24.6. The molecule has 4 aromatic rings. The van der Waals surface area contributed by atoms with Crippen LogP contribution in [0.5, 0.6) is 0 Å². The van der Waals surface area contributed by atoms with Crippen molar-refractivity contribution in [3.05, 3.63) is 115 Å². The van der Waals surface area contributed by atoms with Gasteiger partial charge in [0.2, 0.25) is 0 Å². The van der Waals surface area contributed by atoms with Crippen molar-refractivity contribution in [1.29, 1.82) is 0 Å². The molecule has 0 aliphatic heterocycles. The van der Waals surface area contributed by atoms with Crippen LogP contribution >= 0.6 is 0 Å². The summed E-state index contributed by atoms with van der Waals surface area (Å²) in [6.45, 7) is 25.2. The maximum absolute atomic E-state index is 8.52. The van der Waals surface area contributed by atoms with Crippen LogP contribution < -0.4 is 22.9 Å². The normalized spacial score (nSPS) is 9.92. The summed E-state index contributed by atoms with van der Waals surface area (Å²) in [7, 11) is -10.3. The molecule has 4 rings (SSSR count). The second-order valence-corrected chi connectivity index (χ2v) is 14.0. The Morgan fingerprint density at radius 1 is 0.327 bits per heavy atom. The lowest BCUT2D eigenvalue weighted by Crippen LogP contribution is -2.42. The standard InChI is InChI=1S/4C9H13N.2H2O4S.2H2O/c4*1-6-4-7(2)9(10)8(3)5-6;2*1-5(2,3)4;;/h4*4-5H,10H2,1-3H3;2*(H2,1,2,3,4);2*1H2. The molecule has 16 N–H and O–H groups in total. The van der Waals surface area contributed by atoms with Crippen LogP contribution in [0.4, 0.5) is 22.7 Å². The second-order valence-electron chi connectivity index (χ2n) is 12.3. The van der Waals surface area contributed by atoms with Gasteiger partial charge in [0.25, 0.3) is 0 Å². The van der Waals surface area contributed by atoms with Gasteiger partial charge in [-0.05, 0) is 83.1 Å². The largest absolute Gasteiger partial charge is 0.759 e. The number of hydrogen-bond donors (Lipinski definition) is 4. The molecular weight excluding hydrogens is 713 g/mol. The molecule has 0 unspecified atom stereocenters. The topological polar surface area (TPSA) is 334 Å². The first-order valence-electron chi connectivity index (χ1n) is 15.4. The van der Waals surface area contributed by atoms with Gasteiger partial charge >= 0.3 is 0 Å². The molecule has 0 saturated carbocycles. The van der Waals surface area contributed by atoms with Crippen molar-refractivity contribution in [3.63, 3.8) is 0 Å². The van der Waals surface area contributed by atoms with Crippen LogP contribution in [-0.4, -0.2) is 46.0 Å². The number of hydrogen-bond acceptors (Lipinski definition) is 8. The van der Waals surface area contributed by atoms with Crippen molar-refractivity contribution in [3.8, 4) is 0 Å². The number of quaternary nitrogens is 4. The van der Waals surface area contributed by atoms with Gasteiger partial charge in [-0.3, -0.25) is 16.8 Å². The summed E-state index contributed by atoms with van der Waals surface area (Å²) >= 11 is 0. The fourth-order valence-electron chi connectivity index (χ4n) is 4.84. The Morgan fingerprint density at radius 3 is 0.481 bits per heavy atom. The van der Waals surface area contributed by atoms with E-state index >= 15 is 0 Å². The van der Waals surface area contributed by atoms with Gasteiger partial charge < -0.3 is 52.1 Å². The molecule has 0 heterocycles. The lowest BCUT2D eigenvalue weighted by Gasteiger charge is -2.06. The van der Waals surface area contributed by atoms with E-state index in [1.165, 1.54) is 89.5 Å². The van der Waals surface area contributed by atoms with Crippen molar-refractivity contribution in [2.24, 2.45) is 0 Å². The van der Waals surface area contributed by atoms with Gasteiger partial charge in [0.05, 0.1) is 0 Å². The molecule has 4 aromatic carbocycles. The quantitative estimate of drug-likeness (QED) is 0.150. The minimum atomic E-state index is -5.17. The van der Waals surface area contributed by atoms with Gasteiger partial charge in [0.15, 0.2) is 0 Å². The Labute approximate surface area is 310 Å². The van der Waals surface area contributed by atoms with Crippen molar-refractivity contribution < 1.29 is 68.9 Å². The number of aryl methyl sites for hydroxylation is 12. The summed E-state index contributed by atoms with van der Waals surface area (Å²) in [6.07, 6.45) is 0. The Bertz CT molecular complexity index is 1590. The fraction of sp³-hybridized carbons (Fsp3) is 0.333. The molecule has 0 spiro atoms. The minimum absolute atomic E-state index is 0. The molecule has 0 aliphatic rings. The Hall–Kier alpha value is -3.62. The van der Waals surface area contributed by atoms with E-state index < -0.39 is 20.8 Å². The third-order valence-corrected chi connectivity index (χ3v) is 7.36. The smallest absolute Gasteiger partial charge is 0.133 e. The lowest BCUT2D eigenvalue weighted by atomic mass is 10.1. The molecule has 0 amide bonds. The fourth-order valence-corrected chi connectivity index (χ4v) is 4.84. The van der Waals surface area contributed by atoms with Gasteiger partial charge in [-0.1, -0.05) is 70.8 Å². The third-order valence-electron chi connectivity index (χ3n) is 7.36. The van der Waals surface area contributed by atoms with Crippen LogP contribution in [0, 0.1) is 83.1 Å². The number of rotatable bonds is 0. The summed E-state index contributed by atoms with van der Waals surface area (Å²) in [5, 5.41) is 0. The molecule has 16 heteroatoms. The minimum Gasteiger partial charge on any atom is -0.759 e. The van der Waals surface area contributed by atoms with E-state index in [2.05, 4.69) is 155 Å². The van der Waals surface area contributed by atoms with Crippen molar-refractivity contribution in [1.82, 2.24) is 0 Å². The van der Waals surface area contributed by atoms with Gasteiger partial charge in [0.1, 0.15) is 22.7 Å². The van der Waals surface area contributed by atoms with E-state index in [1.807, 2.05) is 0 Å². The van der Waals surface area contributed by atoms with Crippen LogP contribution in [0.2, 0.25) is 0 Å². The molecule has 52 heavy (non-hydrogen) atoms. The average molecular weight is 773 g/mol. The van der Waals surface area contributed by atoms with Crippen LogP contribution in [0.15, 0.2) is 48.5 Å². The Kier molecular flexibility index (Phi) is 26.1. The summed E-state index contributed by atoms with van der Waals surface area (Å²) in [5.41, 5.74) is 36.1. The van der Waals surface area contributed by atoms with Crippen molar-refractivity contribution >= 4 is 43.5 Å². The highest BCUT2D eigenvalue weighted by molar-refractivity contribution is 7.79. The zero-order valence-corrected chi connectivity index (χ0v) is 34.2. The maximum atomic E-state index is 8.52. The molecule has 14 nitrogen and oxygen atoms in total. The van der Waals surface area contributed by atoms with E-state index in [0.29, 0.717) is 0 Å². The highest BCUT2D eigenvalue weighted by atomic mass is 32.3. The van der Waals surface area contributed by atoms with Crippen LogP contribution in [0.1, 0.15) is 66.8 Å². The summed E-state index contributed by atoms with van der Waals surface area (Å²) in [4.78, 5) is 0. The first-order chi connectivity index (χ1) is 22.4. The summed E-state index contributed by atoms with van der Waals surface area (Å²) < 4.78 is 68.2. The highest BCUT2D eigenvalue weighted by Crippen LogP contribution is 2.18. The van der Waals surface area contributed by atoms with Crippen LogP contribution in [0.25, 0.3) is 0 Å². The van der Waals surface area contributed by atoms with E-state index in [-0.39, 0.29) is 11.0 Å². The maximum Gasteiger partial charge on any atom is 0.133 e. The van der Waals surface area contributed by atoms with Gasteiger partial charge in [-0.25, -0.2) is 0 Å². The first kappa shape index (κ1) is 55.1. The van der Waals surface area contributed by atoms with Crippen LogP contribution in [-0.2, 0) is 20.8 Å². The van der Waals surface area contributed by atoms with Crippen molar-refractivity contribution in [2.75, 3.05) is 0 Å². The SMILES string of the molecule is Cc1cc(C)c([NH3+])c(C)c1.Cc1cc(C)c([NH3+])c(C)c1.Cc1cc(C)c([NH3+])c(C)c1.Cc1cc(C)c([NH3+])c(C)c1.O.O.O=S(=O)([O-])[O-].O=S(=O)([O-])[O-]. The Balaban J connectivity index is -0.000000269. The molecule has 296 valence electrons. The highest BCUT2D eigenvalue weighted by Gasteiger charge is 2.03. The average Bonchev–Trinajstić information content (AvgIpc) is 2.91. The summed E-state index contributed by atoms with van der Waals surface area (Å²) in [5.74, 6) is 0. The molecule has 0 aliphatic carbocycles. The lowest BCUT2D eigenvalue weighted by molar-refractivity contribution is -0.257. The van der Waals surface area contributed by atoms with E-state index in [0.717, 1.165) is 0 Å². The van der Waals surface area contributed by atoms with E-state index in [9.17, 15) is 0 Å². The first-order valence-corrected chi connectivity index (χ1v) is 18.0. The molecule has 0 bridgehead atoms. The van der Waals surface area contributed by atoms with Gasteiger partial charge in [0, 0.05) is 65.3 Å². The van der Waals surface area contributed by atoms with E-state index in [4.69, 9.17) is 35.0 Å². The summed E-state index contributed by atoms with van der Waals surface area (Å²) in [6, 6.07) is 17.3.